The number of nitrogens with zero attached hydrogens (tertiary/aromatic N) is 1. The number of hydrogen-bond donors (Lipinski definition) is 1. The minimum Gasteiger partial charge on any atom is -0.302 e. The zero-order valence-corrected chi connectivity index (χ0v) is 15.5. The van der Waals surface area contributed by atoms with Crippen LogP contribution in [0.1, 0.15) is 51.9 Å². The number of para-hydroxylation sites is 1. The van der Waals surface area contributed by atoms with E-state index in [1.165, 1.54) is 43.4 Å². The van der Waals surface area contributed by atoms with Crippen LogP contribution in [0.2, 0.25) is 0 Å². The van der Waals surface area contributed by atoms with E-state index in [0.29, 0.717) is 17.1 Å². The summed E-state index contributed by atoms with van der Waals surface area (Å²) in [5, 5.41) is 3.60. The molecule has 1 aliphatic heterocycles. The van der Waals surface area contributed by atoms with E-state index in [2.05, 4.69) is 12.2 Å². The Morgan fingerprint density at radius 1 is 1.00 bits per heavy atom. The molecule has 4 heteroatoms. The number of nitrogens with one attached hydrogen (secondary N) is 1. The van der Waals surface area contributed by atoms with Gasteiger partial charge in [0.05, 0.1) is 18.2 Å². The molecular weight excluding hydrogens is 324 g/mol. The van der Waals surface area contributed by atoms with Gasteiger partial charge >= 0.3 is 0 Å². The fourth-order valence-electron chi connectivity index (χ4n) is 6.80. The van der Waals surface area contributed by atoms with Gasteiger partial charge in [-0.15, -0.1) is 0 Å². The Balaban J connectivity index is 1.32. The molecule has 0 unspecified atom stereocenters. The van der Waals surface area contributed by atoms with Crippen LogP contribution < -0.4 is 10.2 Å². The van der Waals surface area contributed by atoms with Crippen molar-refractivity contribution >= 4 is 17.5 Å². The molecule has 1 aromatic rings. The molecule has 4 aliphatic carbocycles. The molecule has 26 heavy (non-hydrogen) atoms. The van der Waals surface area contributed by atoms with Crippen molar-refractivity contribution in [2.24, 2.45) is 23.2 Å². The van der Waals surface area contributed by atoms with Crippen LogP contribution in [0.3, 0.4) is 0 Å². The van der Waals surface area contributed by atoms with Gasteiger partial charge < -0.3 is 5.32 Å². The quantitative estimate of drug-likeness (QED) is 0.844. The van der Waals surface area contributed by atoms with E-state index < -0.39 is 0 Å². The molecule has 5 fully saturated rings. The largest absolute Gasteiger partial charge is 0.302 e. The summed E-state index contributed by atoms with van der Waals surface area (Å²) in [4.78, 5) is 26.8. The van der Waals surface area contributed by atoms with Crippen LogP contribution in [0.4, 0.5) is 5.69 Å². The molecule has 1 N–H and O–H groups in total. The van der Waals surface area contributed by atoms with Gasteiger partial charge in [-0.3, -0.25) is 9.59 Å². The number of rotatable bonds is 4. The van der Waals surface area contributed by atoms with Gasteiger partial charge in [0.1, 0.15) is 0 Å². The third-order valence-corrected chi connectivity index (χ3v) is 7.62. The molecular formula is C22H28N2O2. The molecule has 2 amide bonds. The van der Waals surface area contributed by atoms with E-state index in [9.17, 15) is 9.59 Å². The monoisotopic (exact) mass is 352 g/mol. The summed E-state index contributed by atoms with van der Waals surface area (Å²) < 4.78 is 0. The molecule has 1 heterocycles. The van der Waals surface area contributed by atoms with E-state index in [0.717, 1.165) is 17.8 Å². The number of benzene rings is 1. The molecule has 5 aliphatic rings. The predicted molar refractivity (Wildman–Crippen MR) is 101 cm³/mol. The fraction of sp³-hybridized carbons (Fsp3) is 0.636. The van der Waals surface area contributed by atoms with E-state index in [-0.39, 0.29) is 24.3 Å². The standard InChI is InChI=1S/C22H28N2O2/c1-14(22-11-15-7-16(12-22)9-17(8-15)13-22)23-19-10-20(25)24(21(19)26)18-5-3-2-4-6-18/h2-6,14-17,19,23H,7-13H2,1H3/t14-,15?,16?,17?,19+,22?/m1/s1. The molecule has 4 nitrogen and oxygen atoms in total. The zero-order valence-electron chi connectivity index (χ0n) is 15.5. The average Bonchev–Trinajstić information content (AvgIpc) is 2.88. The summed E-state index contributed by atoms with van der Waals surface area (Å²) in [6, 6.07) is 9.24. The molecule has 4 bridgehead atoms. The average molecular weight is 352 g/mol. The van der Waals surface area contributed by atoms with Gasteiger partial charge in [0, 0.05) is 6.04 Å². The van der Waals surface area contributed by atoms with Gasteiger partial charge in [0.2, 0.25) is 5.91 Å². The molecule has 0 spiro atoms. The Bertz CT molecular complexity index is 694. The lowest BCUT2D eigenvalue weighted by atomic mass is 9.48. The normalized spacial score (nSPS) is 39.7. The van der Waals surface area contributed by atoms with E-state index >= 15 is 0 Å². The minimum absolute atomic E-state index is 0.0854. The first kappa shape index (κ1) is 16.5. The van der Waals surface area contributed by atoms with Crippen molar-refractivity contribution in [3.8, 4) is 0 Å². The summed E-state index contributed by atoms with van der Waals surface area (Å²) in [5.74, 6) is 2.51. The molecule has 0 radical (unpaired) electrons. The van der Waals surface area contributed by atoms with Crippen LogP contribution in [0, 0.1) is 23.2 Å². The van der Waals surface area contributed by atoms with Crippen molar-refractivity contribution in [3.63, 3.8) is 0 Å². The van der Waals surface area contributed by atoms with Crippen LogP contribution in [-0.2, 0) is 9.59 Å². The molecule has 0 aromatic heterocycles. The summed E-state index contributed by atoms with van der Waals surface area (Å²) in [5.41, 5.74) is 1.03. The van der Waals surface area contributed by atoms with Crippen LogP contribution in [0.25, 0.3) is 0 Å². The lowest BCUT2D eigenvalue weighted by Crippen LogP contribution is -2.57. The van der Waals surface area contributed by atoms with Crippen LogP contribution >= 0.6 is 0 Å². The maximum atomic E-state index is 12.9. The Labute approximate surface area is 155 Å². The van der Waals surface area contributed by atoms with Crippen molar-refractivity contribution in [1.29, 1.82) is 0 Å². The second-order valence-electron chi connectivity index (χ2n) is 9.33. The van der Waals surface area contributed by atoms with E-state index in [1.807, 2.05) is 30.3 Å². The highest BCUT2D eigenvalue weighted by molar-refractivity contribution is 6.22. The van der Waals surface area contributed by atoms with Crippen molar-refractivity contribution in [3.05, 3.63) is 30.3 Å². The Hall–Kier alpha value is -1.68. The Morgan fingerprint density at radius 3 is 2.15 bits per heavy atom. The molecule has 6 rings (SSSR count). The number of anilines is 1. The van der Waals surface area contributed by atoms with Crippen molar-refractivity contribution < 1.29 is 9.59 Å². The van der Waals surface area contributed by atoms with Gasteiger partial charge in [-0.1, -0.05) is 18.2 Å². The van der Waals surface area contributed by atoms with E-state index in [1.54, 1.807) is 0 Å². The first-order chi connectivity index (χ1) is 12.5. The summed E-state index contributed by atoms with van der Waals surface area (Å²) in [6.45, 7) is 2.26. The number of carbonyl (C=O) groups is 2. The third-order valence-electron chi connectivity index (χ3n) is 7.62. The molecule has 1 aromatic carbocycles. The molecule has 138 valence electrons. The smallest absolute Gasteiger partial charge is 0.251 e. The van der Waals surface area contributed by atoms with Crippen molar-refractivity contribution in [2.45, 2.75) is 64.0 Å². The van der Waals surface area contributed by atoms with Gasteiger partial charge in [-0.2, -0.15) is 0 Å². The Morgan fingerprint density at radius 2 is 1.58 bits per heavy atom. The van der Waals surface area contributed by atoms with Crippen LogP contribution in [-0.4, -0.2) is 23.9 Å². The molecule has 2 atom stereocenters. The maximum Gasteiger partial charge on any atom is 0.251 e. The van der Waals surface area contributed by atoms with Gasteiger partial charge in [0.25, 0.3) is 5.91 Å². The van der Waals surface area contributed by atoms with Gasteiger partial charge in [-0.25, -0.2) is 4.90 Å². The maximum absolute atomic E-state index is 12.9. The second kappa shape index (κ2) is 5.91. The third kappa shape index (κ3) is 2.53. The highest BCUT2D eigenvalue weighted by Crippen LogP contribution is 2.61. The highest BCUT2D eigenvalue weighted by atomic mass is 16.2. The van der Waals surface area contributed by atoms with Gasteiger partial charge in [-0.05, 0) is 80.8 Å². The lowest BCUT2D eigenvalue weighted by molar-refractivity contribution is -0.122. The van der Waals surface area contributed by atoms with Crippen molar-refractivity contribution in [1.82, 2.24) is 5.32 Å². The first-order valence-electron chi connectivity index (χ1n) is 10.2. The van der Waals surface area contributed by atoms with Gasteiger partial charge in [0.15, 0.2) is 0 Å². The number of imide groups is 1. The second-order valence-corrected chi connectivity index (χ2v) is 9.33. The first-order valence-corrected chi connectivity index (χ1v) is 10.2. The summed E-state index contributed by atoms with van der Waals surface area (Å²) in [7, 11) is 0. The SMILES string of the molecule is C[C@@H](N[C@H]1CC(=O)N(c2ccccc2)C1=O)C12CC3CC(CC(C3)C1)C2. The summed E-state index contributed by atoms with van der Waals surface area (Å²) in [6.07, 6.45) is 8.49. The fourth-order valence-corrected chi connectivity index (χ4v) is 6.80. The number of amides is 2. The van der Waals surface area contributed by atoms with Crippen molar-refractivity contribution in [2.75, 3.05) is 4.90 Å². The molecule has 1 saturated heterocycles. The summed E-state index contributed by atoms with van der Waals surface area (Å²) >= 11 is 0. The topological polar surface area (TPSA) is 49.4 Å². The predicted octanol–water partition coefficient (Wildman–Crippen LogP) is 3.51. The number of carbonyl (C=O) groups excluding carboxylic acids is 2. The lowest BCUT2D eigenvalue weighted by Gasteiger charge is -2.59. The van der Waals surface area contributed by atoms with Crippen LogP contribution in [0.5, 0.6) is 0 Å². The number of hydrogen-bond acceptors (Lipinski definition) is 3. The minimum atomic E-state index is -0.370. The Kier molecular flexibility index (Phi) is 3.75. The van der Waals surface area contributed by atoms with E-state index in [4.69, 9.17) is 0 Å². The highest BCUT2D eigenvalue weighted by Gasteiger charge is 2.54. The zero-order chi connectivity index (χ0) is 17.9. The van der Waals surface area contributed by atoms with Crippen LogP contribution in [0.15, 0.2) is 30.3 Å². The molecule has 4 saturated carbocycles.